The number of carbonyl (C=O) groups excluding carboxylic acids is 5. The van der Waals surface area contributed by atoms with E-state index in [1.165, 1.54) is 11.8 Å². The van der Waals surface area contributed by atoms with Crippen molar-refractivity contribution < 1.29 is 28.7 Å². The Morgan fingerprint density at radius 3 is 2.06 bits per heavy atom. The maximum atomic E-state index is 12.6. The highest BCUT2D eigenvalue weighted by atomic mass is 16.5. The van der Waals surface area contributed by atoms with Gasteiger partial charge in [0, 0.05) is 24.8 Å². The van der Waals surface area contributed by atoms with Gasteiger partial charge in [-0.3, -0.25) is 28.9 Å². The Balaban J connectivity index is 1.20. The first kappa shape index (κ1) is 21.0. The second-order valence-corrected chi connectivity index (χ2v) is 8.43. The first-order valence-electron chi connectivity index (χ1n) is 10.5. The number of likely N-dealkylation sites (tertiary alicyclic amines) is 1. The molecule has 0 spiro atoms. The zero-order valence-electron chi connectivity index (χ0n) is 17.3. The highest BCUT2D eigenvalue weighted by Crippen LogP contribution is 2.56. The van der Waals surface area contributed by atoms with Gasteiger partial charge in [0.25, 0.3) is 5.91 Å². The van der Waals surface area contributed by atoms with E-state index in [1.807, 2.05) is 0 Å². The average Bonchev–Trinajstić information content (AvgIpc) is 3.40. The van der Waals surface area contributed by atoms with E-state index in [2.05, 4.69) is 10.6 Å². The fourth-order valence-electron chi connectivity index (χ4n) is 5.15. The summed E-state index contributed by atoms with van der Waals surface area (Å²) in [6, 6.07) is 6.49. The van der Waals surface area contributed by atoms with Crippen LogP contribution in [-0.2, 0) is 28.7 Å². The highest BCUT2D eigenvalue weighted by Gasteiger charge is 2.60. The Morgan fingerprint density at radius 1 is 0.968 bits per heavy atom. The quantitative estimate of drug-likeness (QED) is 0.503. The minimum atomic E-state index is -0.642. The molecule has 9 heteroatoms. The second-order valence-electron chi connectivity index (χ2n) is 8.43. The summed E-state index contributed by atoms with van der Waals surface area (Å²) in [6.07, 6.45) is 2.84. The maximum Gasteiger partial charge on any atom is 0.308 e. The lowest BCUT2D eigenvalue weighted by molar-refractivity contribution is -0.149. The molecular formula is C22H25N3O6. The minimum absolute atomic E-state index is 0.00479. The van der Waals surface area contributed by atoms with Crippen molar-refractivity contribution in [3.8, 4) is 0 Å². The van der Waals surface area contributed by atoms with E-state index in [0.29, 0.717) is 23.2 Å². The van der Waals surface area contributed by atoms with Crippen LogP contribution in [-0.4, -0.2) is 47.6 Å². The third-order valence-electron chi connectivity index (χ3n) is 6.41. The third kappa shape index (κ3) is 4.30. The minimum Gasteiger partial charge on any atom is -0.456 e. The van der Waals surface area contributed by atoms with Gasteiger partial charge in [0.2, 0.25) is 17.7 Å². The molecule has 3 aliphatic rings. The average molecular weight is 427 g/mol. The summed E-state index contributed by atoms with van der Waals surface area (Å²) in [6.45, 7) is 0.924. The van der Waals surface area contributed by atoms with Crippen molar-refractivity contribution in [3.05, 3.63) is 24.3 Å². The molecule has 1 aliphatic heterocycles. The van der Waals surface area contributed by atoms with Crippen molar-refractivity contribution in [2.24, 2.45) is 23.7 Å². The number of rotatable bonds is 7. The zero-order valence-corrected chi connectivity index (χ0v) is 17.3. The number of nitrogens with zero attached hydrogens (tertiary/aromatic N) is 1. The van der Waals surface area contributed by atoms with Crippen LogP contribution in [0.25, 0.3) is 0 Å². The van der Waals surface area contributed by atoms with Crippen LogP contribution in [0.5, 0.6) is 0 Å². The number of hydrogen-bond donors (Lipinski definition) is 2. The number of carbonyl (C=O) groups is 5. The molecule has 2 N–H and O–H groups in total. The van der Waals surface area contributed by atoms with Crippen LogP contribution in [0.3, 0.4) is 0 Å². The molecule has 1 saturated heterocycles. The Hall–Kier alpha value is -3.23. The number of amides is 4. The van der Waals surface area contributed by atoms with Crippen LogP contribution >= 0.6 is 0 Å². The van der Waals surface area contributed by atoms with Crippen LogP contribution in [0.4, 0.5) is 11.4 Å². The molecule has 31 heavy (non-hydrogen) atoms. The van der Waals surface area contributed by atoms with Gasteiger partial charge < -0.3 is 15.4 Å². The molecule has 2 saturated carbocycles. The zero-order chi connectivity index (χ0) is 22.1. The van der Waals surface area contributed by atoms with Crippen LogP contribution < -0.4 is 10.6 Å². The first-order chi connectivity index (χ1) is 14.8. The van der Waals surface area contributed by atoms with E-state index in [4.69, 9.17) is 4.74 Å². The largest absolute Gasteiger partial charge is 0.456 e. The summed E-state index contributed by atoms with van der Waals surface area (Å²) in [5, 5.41) is 5.20. The van der Waals surface area contributed by atoms with Crippen LogP contribution in [0.1, 0.15) is 32.6 Å². The second kappa shape index (κ2) is 8.49. The fourth-order valence-corrected chi connectivity index (χ4v) is 5.15. The van der Waals surface area contributed by atoms with Crippen LogP contribution in [0, 0.1) is 23.7 Å². The van der Waals surface area contributed by atoms with Crippen molar-refractivity contribution in [1.29, 1.82) is 0 Å². The molecule has 0 aromatic heterocycles. The number of fused-ring (bicyclic) bond motifs is 5. The van der Waals surface area contributed by atoms with Crippen molar-refractivity contribution in [2.45, 2.75) is 32.6 Å². The Bertz CT molecular complexity index is 900. The smallest absolute Gasteiger partial charge is 0.308 e. The molecule has 2 bridgehead atoms. The van der Waals surface area contributed by atoms with Gasteiger partial charge in [-0.25, -0.2) is 0 Å². The molecule has 0 unspecified atom stereocenters. The Kier molecular flexibility index (Phi) is 5.75. The lowest BCUT2D eigenvalue weighted by Gasteiger charge is -2.19. The molecular weight excluding hydrogens is 402 g/mol. The van der Waals surface area contributed by atoms with Crippen molar-refractivity contribution in [3.63, 3.8) is 0 Å². The van der Waals surface area contributed by atoms with Gasteiger partial charge in [-0.05, 0) is 55.4 Å². The monoisotopic (exact) mass is 427 g/mol. The lowest BCUT2D eigenvalue weighted by Crippen LogP contribution is -2.35. The molecule has 4 amide bonds. The van der Waals surface area contributed by atoms with Gasteiger partial charge in [-0.15, -0.1) is 0 Å². The number of esters is 1. The Morgan fingerprint density at radius 2 is 1.52 bits per heavy atom. The molecule has 1 heterocycles. The first-order valence-corrected chi connectivity index (χ1v) is 10.5. The Labute approximate surface area is 179 Å². The number of anilines is 2. The van der Waals surface area contributed by atoms with Gasteiger partial charge in [-0.1, -0.05) is 0 Å². The highest BCUT2D eigenvalue weighted by molar-refractivity contribution is 6.06. The summed E-state index contributed by atoms with van der Waals surface area (Å²) in [7, 11) is 0. The topological polar surface area (TPSA) is 122 Å². The number of ether oxygens (including phenoxy) is 1. The number of nitrogens with one attached hydrogen (secondary N) is 2. The van der Waals surface area contributed by atoms with E-state index in [1.54, 1.807) is 24.3 Å². The molecule has 1 aromatic rings. The third-order valence-corrected chi connectivity index (χ3v) is 6.41. The maximum absolute atomic E-state index is 12.6. The summed E-state index contributed by atoms with van der Waals surface area (Å²) >= 11 is 0. The van der Waals surface area contributed by atoms with Gasteiger partial charge in [0.1, 0.15) is 0 Å². The van der Waals surface area contributed by atoms with Crippen LogP contribution in [0.15, 0.2) is 24.3 Å². The normalized spacial score (nSPS) is 26.0. The van der Waals surface area contributed by atoms with E-state index in [9.17, 15) is 24.0 Å². The molecule has 4 atom stereocenters. The predicted molar refractivity (Wildman–Crippen MR) is 109 cm³/mol. The number of imide groups is 1. The van der Waals surface area contributed by atoms with Gasteiger partial charge >= 0.3 is 5.97 Å². The molecule has 4 rings (SSSR count). The lowest BCUT2D eigenvalue weighted by atomic mass is 9.81. The summed E-state index contributed by atoms with van der Waals surface area (Å²) in [4.78, 5) is 61.4. The van der Waals surface area contributed by atoms with Gasteiger partial charge in [0.05, 0.1) is 18.3 Å². The van der Waals surface area contributed by atoms with Crippen molar-refractivity contribution in [2.75, 3.05) is 23.8 Å². The summed E-state index contributed by atoms with van der Waals surface area (Å²) < 4.78 is 4.97. The van der Waals surface area contributed by atoms with E-state index in [0.717, 1.165) is 19.3 Å². The van der Waals surface area contributed by atoms with E-state index >= 15 is 0 Å². The van der Waals surface area contributed by atoms with E-state index < -0.39 is 18.5 Å². The number of benzene rings is 1. The van der Waals surface area contributed by atoms with Crippen LogP contribution in [0.2, 0.25) is 0 Å². The summed E-state index contributed by atoms with van der Waals surface area (Å²) in [5.74, 6) is -1.46. The standard InChI is InChI=1S/C22H25N3O6/c1-12(26)23-15-4-6-16(7-5-15)24-17(27)11-31-18(28)8-9-25-21(29)19-13-2-3-14(10-13)20(19)22(25)30/h4-7,13-14,19-20H,2-3,8-11H2,1H3,(H,23,26)(H,24,27)/t13-,14-,19-,20-/m0/s1. The van der Waals surface area contributed by atoms with Crippen molar-refractivity contribution >= 4 is 41.0 Å². The predicted octanol–water partition coefficient (Wildman–Crippen LogP) is 1.55. The molecule has 9 nitrogen and oxygen atoms in total. The molecule has 3 fully saturated rings. The SMILES string of the molecule is CC(=O)Nc1ccc(NC(=O)COC(=O)CCN2C(=O)[C@H]3[C@H]4CC[C@@H](C4)[C@@H]3C2=O)cc1. The molecule has 1 aromatic carbocycles. The van der Waals surface area contributed by atoms with Gasteiger partial charge in [0.15, 0.2) is 6.61 Å². The number of hydrogen-bond acceptors (Lipinski definition) is 6. The molecule has 164 valence electrons. The van der Waals surface area contributed by atoms with Gasteiger partial charge in [-0.2, -0.15) is 0 Å². The fraction of sp³-hybridized carbons (Fsp3) is 0.500. The summed E-state index contributed by atoms with van der Waals surface area (Å²) in [5.41, 5.74) is 1.09. The van der Waals surface area contributed by atoms with Crippen molar-refractivity contribution in [1.82, 2.24) is 4.90 Å². The molecule has 2 aliphatic carbocycles. The van der Waals surface area contributed by atoms with E-state index in [-0.39, 0.29) is 42.5 Å². The molecule has 0 radical (unpaired) electrons.